The van der Waals surface area contributed by atoms with Gasteiger partial charge in [-0.05, 0) is 50.1 Å². The zero-order valence-electron chi connectivity index (χ0n) is 21.1. The maximum Gasteiger partial charge on any atom is 0.416 e. The van der Waals surface area contributed by atoms with Gasteiger partial charge in [0.25, 0.3) is 5.69 Å². The van der Waals surface area contributed by atoms with Crippen LogP contribution >= 0.6 is 11.6 Å². The second-order valence-corrected chi connectivity index (χ2v) is 9.24. The molecule has 0 saturated carbocycles. The van der Waals surface area contributed by atoms with Crippen LogP contribution in [0.1, 0.15) is 48.6 Å². The van der Waals surface area contributed by atoms with E-state index in [-0.39, 0.29) is 35.4 Å². The molecule has 218 valence electrons. The lowest BCUT2D eigenvalue weighted by Gasteiger charge is -2.42. The molecule has 16 heteroatoms. The summed E-state index contributed by atoms with van der Waals surface area (Å²) in [6.45, 7) is 2.10. The second kappa shape index (κ2) is 11.4. The van der Waals surface area contributed by atoms with Gasteiger partial charge >= 0.3 is 24.5 Å². The minimum atomic E-state index is -5.13. The number of anilines is 1. The molecule has 2 amide bonds. The van der Waals surface area contributed by atoms with E-state index in [9.17, 15) is 46.0 Å². The van der Waals surface area contributed by atoms with Crippen LogP contribution in [-0.4, -0.2) is 41.8 Å². The third-order valence-corrected chi connectivity index (χ3v) is 6.35. The molecule has 0 radical (unpaired) electrons. The molecule has 1 heterocycles. The smallest absolute Gasteiger partial charge is 0.416 e. The monoisotopic (exact) mass is 597 g/mol. The molecule has 40 heavy (non-hydrogen) atoms. The van der Waals surface area contributed by atoms with E-state index in [4.69, 9.17) is 21.1 Å². The lowest BCUT2D eigenvalue weighted by molar-refractivity contribution is -0.384. The Morgan fingerprint density at radius 1 is 1.10 bits per heavy atom. The number of nitro groups is 1. The van der Waals surface area contributed by atoms with Crippen LogP contribution in [0.5, 0.6) is 0 Å². The van der Waals surface area contributed by atoms with Crippen molar-refractivity contribution in [2.45, 2.75) is 51.2 Å². The van der Waals surface area contributed by atoms with Gasteiger partial charge in [-0.15, -0.1) is 0 Å². The average molecular weight is 598 g/mol. The largest absolute Gasteiger partial charge is 0.453 e. The Balaban J connectivity index is 2.24. The van der Waals surface area contributed by atoms with Gasteiger partial charge in [0.1, 0.15) is 5.69 Å². The predicted molar refractivity (Wildman–Crippen MR) is 129 cm³/mol. The highest BCUT2D eigenvalue weighted by Gasteiger charge is 2.44. The fourth-order valence-electron chi connectivity index (χ4n) is 4.52. The Morgan fingerprint density at radius 2 is 1.68 bits per heavy atom. The summed E-state index contributed by atoms with van der Waals surface area (Å²) in [6.07, 6.45) is -12.5. The number of alkyl halides is 6. The van der Waals surface area contributed by atoms with Gasteiger partial charge in [-0.1, -0.05) is 11.6 Å². The minimum absolute atomic E-state index is 0.0513. The topological polar surface area (TPSA) is 102 Å². The summed E-state index contributed by atoms with van der Waals surface area (Å²) >= 11 is 6.11. The maximum atomic E-state index is 13.4. The number of amides is 2. The van der Waals surface area contributed by atoms with Crippen molar-refractivity contribution in [1.29, 1.82) is 0 Å². The van der Waals surface area contributed by atoms with E-state index in [0.29, 0.717) is 12.1 Å². The van der Waals surface area contributed by atoms with E-state index in [1.165, 1.54) is 19.9 Å². The number of hydrogen-bond donors (Lipinski definition) is 0. The zero-order valence-corrected chi connectivity index (χ0v) is 21.9. The van der Waals surface area contributed by atoms with Crippen LogP contribution < -0.4 is 4.90 Å². The Kier molecular flexibility index (Phi) is 8.77. The number of nitro benzene ring substituents is 1. The summed E-state index contributed by atoms with van der Waals surface area (Å²) in [5.74, 6) is 0. The fourth-order valence-corrected chi connectivity index (χ4v) is 4.74. The third-order valence-electron chi connectivity index (χ3n) is 6.14. The van der Waals surface area contributed by atoms with E-state index in [1.807, 2.05) is 0 Å². The first-order valence-electron chi connectivity index (χ1n) is 11.6. The number of carbonyl (C=O) groups excluding carboxylic acids is 2. The molecule has 0 unspecified atom stereocenters. The van der Waals surface area contributed by atoms with Gasteiger partial charge < -0.3 is 9.47 Å². The quantitative estimate of drug-likeness (QED) is 0.203. The first-order chi connectivity index (χ1) is 18.5. The molecule has 1 aliphatic rings. The van der Waals surface area contributed by atoms with E-state index >= 15 is 0 Å². The highest BCUT2D eigenvalue weighted by atomic mass is 35.5. The summed E-state index contributed by atoms with van der Waals surface area (Å²) in [7, 11) is 0.946. The summed E-state index contributed by atoms with van der Waals surface area (Å²) in [5, 5.41) is 11.8. The molecule has 3 rings (SSSR count). The van der Waals surface area contributed by atoms with Crippen molar-refractivity contribution in [1.82, 2.24) is 4.90 Å². The van der Waals surface area contributed by atoms with Crippen LogP contribution in [0, 0.1) is 10.1 Å². The van der Waals surface area contributed by atoms with Crippen LogP contribution in [0.2, 0.25) is 5.02 Å². The van der Waals surface area contributed by atoms with E-state index in [1.54, 1.807) is 0 Å². The van der Waals surface area contributed by atoms with Gasteiger partial charge in [-0.3, -0.25) is 19.9 Å². The van der Waals surface area contributed by atoms with Gasteiger partial charge in [-0.25, -0.2) is 9.59 Å². The average Bonchev–Trinajstić information content (AvgIpc) is 2.85. The van der Waals surface area contributed by atoms with Gasteiger partial charge in [0, 0.05) is 29.2 Å². The fraction of sp³-hybridized carbons (Fsp3) is 0.417. The van der Waals surface area contributed by atoms with Crippen LogP contribution in [0.15, 0.2) is 30.3 Å². The van der Waals surface area contributed by atoms with Crippen molar-refractivity contribution in [2.24, 2.45) is 0 Å². The number of fused-ring (bicyclic) bond motifs is 1. The number of nitrogens with zero attached hydrogens (tertiary/aromatic N) is 3. The summed E-state index contributed by atoms with van der Waals surface area (Å²) < 4.78 is 90.5. The molecule has 0 aromatic heterocycles. The molecule has 1 aliphatic heterocycles. The minimum Gasteiger partial charge on any atom is -0.453 e. The van der Waals surface area contributed by atoms with Gasteiger partial charge in [0.05, 0.1) is 35.8 Å². The second-order valence-electron chi connectivity index (χ2n) is 8.80. The van der Waals surface area contributed by atoms with Crippen molar-refractivity contribution in [2.75, 3.05) is 18.6 Å². The SMILES string of the molecule is CCOC(=O)N1c2c(cc(Cl)cc2[N+](=O)[O-])[C@@H](N(Cc2cc(C(F)(F)F)cc(C(F)(F)F)c2)C(=O)OC)C[C@H]1C. The molecule has 2 aromatic rings. The number of rotatable bonds is 5. The molecular formula is C24H22ClF6N3O6. The molecule has 9 nitrogen and oxygen atoms in total. The molecule has 0 fully saturated rings. The Bertz CT molecular complexity index is 1290. The van der Waals surface area contributed by atoms with E-state index in [0.717, 1.165) is 23.0 Å². The summed E-state index contributed by atoms with van der Waals surface area (Å²) in [5.41, 5.74) is -4.69. The first kappa shape index (κ1) is 30.8. The molecule has 0 aliphatic carbocycles. The lowest BCUT2D eigenvalue weighted by atomic mass is 9.89. The van der Waals surface area contributed by atoms with E-state index in [2.05, 4.69) is 0 Å². The lowest BCUT2D eigenvalue weighted by Crippen LogP contribution is -2.48. The molecule has 0 bridgehead atoms. The Morgan fingerprint density at radius 3 is 2.15 bits per heavy atom. The van der Waals surface area contributed by atoms with Crippen molar-refractivity contribution < 1.29 is 50.3 Å². The highest BCUT2D eigenvalue weighted by Crippen LogP contribution is 2.48. The molecule has 0 saturated heterocycles. The maximum absolute atomic E-state index is 13.4. The molecule has 0 spiro atoms. The van der Waals surface area contributed by atoms with Crippen LogP contribution in [0.4, 0.5) is 47.3 Å². The van der Waals surface area contributed by atoms with Crippen LogP contribution in [0.3, 0.4) is 0 Å². The Labute approximate surface area is 228 Å². The summed E-state index contributed by atoms with van der Waals surface area (Å²) in [6, 6.07) is 0.959. The normalized spacial score (nSPS) is 17.2. The number of halogens is 7. The Hall–Kier alpha value is -3.75. The number of carbonyl (C=O) groups is 2. The van der Waals surface area contributed by atoms with Gasteiger partial charge in [-0.2, -0.15) is 26.3 Å². The van der Waals surface area contributed by atoms with E-state index < -0.39 is 70.5 Å². The van der Waals surface area contributed by atoms with Crippen LogP contribution in [0.25, 0.3) is 0 Å². The first-order valence-corrected chi connectivity index (χ1v) is 11.9. The number of ether oxygens (including phenoxy) is 2. The molecule has 0 N–H and O–H groups in total. The highest BCUT2D eigenvalue weighted by molar-refractivity contribution is 6.31. The van der Waals surface area contributed by atoms with Gasteiger partial charge in [0.15, 0.2) is 0 Å². The molecule has 2 aromatic carbocycles. The van der Waals surface area contributed by atoms with Crippen molar-refractivity contribution in [3.63, 3.8) is 0 Å². The third kappa shape index (κ3) is 6.35. The summed E-state index contributed by atoms with van der Waals surface area (Å²) in [4.78, 5) is 38.6. The number of methoxy groups -OCH3 is 1. The molecule has 2 atom stereocenters. The van der Waals surface area contributed by atoms with Gasteiger partial charge in [0.2, 0.25) is 0 Å². The predicted octanol–water partition coefficient (Wildman–Crippen LogP) is 7.35. The zero-order chi connectivity index (χ0) is 30.2. The number of benzene rings is 2. The number of hydrogen-bond acceptors (Lipinski definition) is 6. The van der Waals surface area contributed by atoms with Crippen molar-refractivity contribution in [3.8, 4) is 0 Å². The van der Waals surface area contributed by atoms with Crippen molar-refractivity contribution in [3.05, 3.63) is 67.7 Å². The van der Waals surface area contributed by atoms with Crippen molar-refractivity contribution >= 4 is 35.2 Å². The molecular weight excluding hydrogens is 576 g/mol. The van der Waals surface area contributed by atoms with Crippen LogP contribution in [-0.2, 0) is 28.4 Å². The standard InChI is InChI=1S/C24H22ClF6N3O6/c1-4-40-22(36)33-12(2)5-18(17-9-16(25)10-19(20(17)33)34(37)38)32(21(35)39-3)11-13-6-14(23(26,27)28)8-15(7-13)24(29,30)31/h6-10,12,18H,4-5,11H2,1-3H3/t12-,18+/m1/s1.